The summed E-state index contributed by atoms with van der Waals surface area (Å²) in [6.45, 7) is 6.41. The Labute approximate surface area is 147 Å². The fraction of sp³-hybridized carbons (Fsp3) is 0.250. The summed E-state index contributed by atoms with van der Waals surface area (Å²) in [6, 6.07) is 12.1. The molecule has 0 fully saturated rings. The van der Waals surface area contributed by atoms with Crippen molar-refractivity contribution >= 4 is 29.1 Å². The third-order valence-corrected chi connectivity index (χ3v) is 4.42. The van der Waals surface area contributed by atoms with E-state index in [-0.39, 0.29) is 0 Å². The van der Waals surface area contributed by atoms with Crippen LogP contribution in [-0.2, 0) is 4.79 Å². The first-order valence-electron chi connectivity index (χ1n) is 8.00. The molecule has 1 aromatic heterocycles. The van der Waals surface area contributed by atoms with Gasteiger partial charge in [0.1, 0.15) is 0 Å². The Balaban J connectivity index is 2.07. The molecule has 3 nitrogen and oxygen atoms in total. The molecule has 0 aliphatic carbocycles. The van der Waals surface area contributed by atoms with Gasteiger partial charge in [-0.2, -0.15) is 0 Å². The second-order valence-corrected chi connectivity index (χ2v) is 6.37. The molecule has 0 aliphatic rings. The van der Waals surface area contributed by atoms with Gasteiger partial charge < -0.3 is 10.0 Å². The van der Waals surface area contributed by atoms with Gasteiger partial charge in [-0.3, -0.25) is 0 Å². The van der Waals surface area contributed by atoms with Gasteiger partial charge in [-0.25, -0.2) is 4.79 Å². The van der Waals surface area contributed by atoms with Crippen molar-refractivity contribution in [2.24, 2.45) is 0 Å². The molecule has 0 bridgehead atoms. The molecule has 1 heterocycles. The highest BCUT2D eigenvalue weighted by molar-refractivity contribution is 7.13. The Morgan fingerprint density at radius 1 is 1.17 bits per heavy atom. The summed E-state index contributed by atoms with van der Waals surface area (Å²) in [4.78, 5) is 14.7. The average Bonchev–Trinajstić information content (AvgIpc) is 3.04. The topological polar surface area (TPSA) is 40.5 Å². The van der Waals surface area contributed by atoms with E-state index in [0.717, 1.165) is 40.9 Å². The Bertz CT molecular complexity index is 763. The predicted octanol–water partition coefficient (Wildman–Crippen LogP) is 4.48. The molecule has 0 saturated heterocycles. The number of rotatable bonds is 6. The van der Waals surface area contributed by atoms with E-state index >= 15 is 0 Å². The van der Waals surface area contributed by atoms with Crippen molar-refractivity contribution in [1.29, 1.82) is 0 Å². The highest BCUT2D eigenvalue weighted by atomic mass is 32.1. The second-order valence-electron chi connectivity index (χ2n) is 5.25. The summed E-state index contributed by atoms with van der Waals surface area (Å²) in [6.07, 6.45) is 3.85. The van der Waals surface area contributed by atoms with E-state index in [9.17, 15) is 4.79 Å². The quantitative estimate of drug-likeness (QED) is 0.623. The molecule has 2 rings (SSSR count). The summed E-state index contributed by atoms with van der Waals surface area (Å²) in [5.41, 5.74) is 2.20. The molecule has 0 aliphatic heterocycles. The van der Waals surface area contributed by atoms with Crippen LogP contribution in [0, 0.1) is 11.8 Å². The maximum Gasteiger partial charge on any atom is 0.328 e. The van der Waals surface area contributed by atoms with Crippen LogP contribution in [0.4, 0.5) is 5.69 Å². The van der Waals surface area contributed by atoms with E-state index < -0.39 is 5.97 Å². The van der Waals surface area contributed by atoms with E-state index in [1.165, 1.54) is 17.0 Å². The fourth-order valence-electron chi connectivity index (χ4n) is 2.29. The zero-order chi connectivity index (χ0) is 17.4. The highest BCUT2D eigenvalue weighted by Crippen LogP contribution is 2.18. The molecule has 0 spiro atoms. The van der Waals surface area contributed by atoms with Crippen LogP contribution in [0.3, 0.4) is 0 Å². The number of carboxylic acids is 1. The molecule has 1 aromatic carbocycles. The minimum atomic E-state index is -0.944. The van der Waals surface area contributed by atoms with Crippen molar-refractivity contribution in [3.63, 3.8) is 0 Å². The van der Waals surface area contributed by atoms with Crippen LogP contribution in [0.2, 0.25) is 0 Å². The molecule has 24 heavy (non-hydrogen) atoms. The van der Waals surface area contributed by atoms with Crippen molar-refractivity contribution in [3.05, 3.63) is 57.8 Å². The molecule has 124 valence electrons. The Kier molecular flexibility index (Phi) is 6.65. The summed E-state index contributed by atoms with van der Waals surface area (Å²) >= 11 is 1.48. The van der Waals surface area contributed by atoms with E-state index in [2.05, 4.69) is 42.7 Å². The van der Waals surface area contributed by atoms with Crippen LogP contribution in [0.1, 0.15) is 35.6 Å². The average molecular weight is 339 g/mol. The van der Waals surface area contributed by atoms with Gasteiger partial charge in [0, 0.05) is 35.3 Å². The first kappa shape index (κ1) is 17.8. The first-order valence-corrected chi connectivity index (χ1v) is 8.82. The van der Waals surface area contributed by atoms with E-state index in [4.69, 9.17) is 5.11 Å². The van der Waals surface area contributed by atoms with Gasteiger partial charge >= 0.3 is 5.97 Å². The van der Waals surface area contributed by atoms with Crippen LogP contribution in [-0.4, -0.2) is 24.2 Å². The van der Waals surface area contributed by atoms with Gasteiger partial charge in [0.25, 0.3) is 0 Å². The van der Waals surface area contributed by atoms with Gasteiger partial charge in [-0.1, -0.05) is 18.8 Å². The van der Waals surface area contributed by atoms with Gasteiger partial charge in [0.15, 0.2) is 0 Å². The highest BCUT2D eigenvalue weighted by Gasteiger charge is 2.02. The summed E-state index contributed by atoms with van der Waals surface area (Å²) in [5.74, 6) is 5.34. The number of benzene rings is 1. The lowest BCUT2D eigenvalue weighted by atomic mass is 10.2. The molecule has 0 atom stereocenters. The Morgan fingerprint density at radius 2 is 1.92 bits per heavy atom. The Morgan fingerprint density at radius 3 is 2.54 bits per heavy atom. The number of hydrogen-bond donors (Lipinski definition) is 1. The van der Waals surface area contributed by atoms with E-state index in [0.29, 0.717) is 0 Å². The van der Waals surface area contributed by atoms with Crippen molar-refractivity contribution in [3.8, 4) is 11.8 Å². The molecular weight excluding hydrogens is 318 g/mol. The number of carboxylic acid groups (broad SMARTS) is 1. The summed E-state index contributed by atoms with van der Waals surface area (Å²) in [5, 5.41) is 8.63. The SMILES string of the molecule is CCCN(CC)c1ccc(C#Cc2ccc(/C=C/C(=O)O)s2)cc1. The molecule has 0 amide bonds. The molecule has 2 aromatic rings. The summed E-state index contributed by atoms with van der Waals surface area (Å²) < 4.78 is 0. The number of anilines is 1. The number of thiophene rings is 1. The molecule has 0 unspecified atom stereocenters. The minimum Gasteiger partial charge on any atom is -0.478 e. The first-order chi connectivity index (χ1) is 11.6. The maximum absolute atomic E-state index is 10.5. The van der Waals surface area contributed by atoms with Crippen LogP contribution in [0.5, 0.6) is 0 Å². The van der Waals surface area contributed by atoms with Gasteiger partial charge in [0.05, 0.1) is 4.88 Å². The standard InChI is InChI=1S/C20H21NO2S/c1-3-15-21(4-2)17-8-5-16(6-9-17)7-10-18-11-12-19(24-18)13-14-20(22)23/h5-6,8-9,11-14H,3-4,15H2,1-2H3,(H,22,23)/b14-13+. The Hall–Kier alpha value is -2.51. The minimum absolute atomic E-state index is 0.884. The van der Waals surface area contributed by atoms with Crippen LogP contribution >= 0.6 is 11.3 Å². The largest absolute Gasteiger partial charge is 0.478 e. The number of aliphatic carboxylic acids is 1. The van der Waals surface area contributed by atoms with Gasteiger partial charge in [-0.05, 0) is 55.8 Å². The van der Waals surface area contributed by atoms with Crippen molar-refractivity contribution in [2.45, 2.75) is 20.3 Å². The molecule has 0 saturated carbocycles. The van der Waals surface area contributed by atoms with Crippen molar-refractivity contribution < 1.29 is 9.90 Å². The smallest absolute Gasteiger partial charge is 0.328 e. The number of hydrogen-bond acceptors (Lipinski definition) is 3. The molecule has 4 heteroatoms. The van der Waals surface area contributed by atoms with Crippen molar-refractivity contribution in [2.75, 3.05) is 18.0 Å². The zero-order valence-corrected chi connectivity index (χ0v) is 14.8. The molecular formula is C20H21NO2S. The van der Waals surface area contributed by atoms with Crippen LogP contribution in [0.15, 0.2) is 42.5 Å². The zero-order valence-electron chi connectivity index (χ0n) is 14.0. The van der Waals surface area contributed by atoms with Gasteiger partial charge in [-0.15, -0.1) is 11.3 Å². The van der Waals surface area contributed by atoms with E-state index in [1.807, 2.05) is 24.3 Å². The van der Waals surface area contributed by atoms with Crippen LogP contribution in [0.25, 0.3) is 6.08 Å². The van der Waals surface area contributed by atoms with Crippen LogP contribution < -0.4 is 4.90 Å². The number of nitrogens with zero attached hydrogens (tertiary/aromatic N) is 1. The lowest BCUT2D eigenvalue weighted by Gasteiger charge is -2.22. The van der Waals surface area contributed by atoms with Gasteiger partial charge in [0.2, 0.25) is 0 Å². The maximum atomic E-state index is 10.5. The molecule has 0 radical (unpaired) electrons. The fourth-order valence-corrected chi connectivity index (χ4v) is 3.06. The van der Waals surface area contributed by atoms with Crippen molar-refractivity contribution in [1.82, 2.24) is 0 Å². The normalized spacial score (nSPS) is 10.4. The number of carbonyl (C=O) groups is 1. The third-order valence-electron chi connectivity index (χ3n) is 3.45. The predicted molar refractivity (Wildman–Crippen MR) is 102 cm³/mol. The summed E-state index contributed by atoms with van der Waals surface area (Å²) in [7, 11) is 0. The molecule has 1 N–H and O–H groups in total. The third kappa shape index (κ3) is 5.29. The monoisotopic (exact) mass is 339 g/mol. The lowest BCUT2D eigenvalue weighted by Crippen LogP contribution is -2.23. The van der Waals surface area contributed by atoms with E-state index in [1.54, 1.807) is 6.08 Å². The lowest BCUT2D eigenvalue weighted by molar-refractivity contribution is -0.131. The second kappa shape index (κ2) is 8.95.